The molecular weight excluding hydrogens is 556 g/mol. The molecule has 1 heterocycles. The van der Waals surface area contributed by atoms with Crippen molar-refractivity contribution in [3.63, 3.8) is 0 Å². The average molecular weight is 593 g/mol. The number of piperidine rings is 1. The molecule has 0 aromatic heterocycles. The van der Waals surface area contributed by atoms with E-state index < -0.39 is 49.0 Å². The van der Waals surface area contributed by atoms with Crippen molar-refractivity contribution in [2.45, 2.75) is 48.9 Å². The number of hydrogen-bond donors (Lipinski definition) is 2. The fraction of sp³-hybridized carbons (Fsp3) is 0.464. The maximum atomic E-state index is 13.7. The molecular formula is C28H36N2O8S2. The van der Waals surface area contributed by atoms with Gasteiger partial charge in [-0.3, -0.25) is 9.69 Å². The van der Waals surface area contributed by atoms with Gasteiger partial charge < -0.3 is 14.6 Å². The molecule has 3 rings (SSSR count). The van der Waals surface area contributed by atoms with E-state index in [4.69, 9.17) is 9.47 Å². The number of aliphatic hydroxyl groups is 1. The summed E-state index contributed by atoms with van der Waals surface area (Å²) < 4.78 is 65.4. The molecule has 2 N–H and O–H groups in total. The van der Waals surface area contributed by atoms with Gasteiger partial charge in [-0.25, -0.2) is 16.8 Å². The van der Waals surface area contributed by atoms with E-state index in [0.717, 1.165) is 5.56 Å². The number of likely N-dealkylation sites (tertiary alicyclic amines) is 1. The molecule has 0 bridgehead atoms. The highest BCUT2D eigenvalue weighted by Crippen LogP contribution is 2.37. The second kappa shape index (κ2) is 14.1. The highest BCUT2D eigenvalue weighted by molar-refractivity contribution is 7.93. The lowest BCUT2D eigenvalue weighted by Gasteiger charge is -2.44. The van der Waals surface area contributed by atoms with Gasteiger partial charge in [0.15, 0.2) is 9.84 Å². The highest BCUT2D eigenvalue weighted by atomic mass is 32.2. The van der Waals surface area contributed by atoms with Gasteiger partial charge in [0.25, 0.3) is 0 Å². The Labute approximate surface area is 236 Å². The number of esters is 1. The van der Waals surface area contributed by atoms with E-state index in [1.54, 1.807) is 13.8 Å². The first-order valence-electron chi connectivity index (χ1n) is 13.0. The van der Waals surface area contributed by atoms with Crippen molar-refractivity contribution in [2.75, 3.05) is 38.7 Å². The summed E-state index contributed by atoms with van der Waals surface area (Å²) in [6, 6.07) is 13.5. The summed E-state index contributed by atoms with van der Waals surface area (Å²) in [7, 11) is -8.53. The normalized spacial score (nSPS) is 16.4. The van der Waals surface area contributed by atoms with E-state index in [9.17, 15) is 26.7 Å². The average Bonchev–Trinajstić information content (AvgIpc) is 2.93. The van der Waals surface area contributed by atoms with Crippen LogP contribution in [0.5, 0.6) is 5.75 Å². The maximum absolute atomic E-state index is 13.7. The highest BCUT2D eigenvalue weighted by Gasteiger charge is 2.56. The maximum Gasteiger partial charge on any atom is 0.325 e. The summed E-state index contributed by atoms with van der Waals surface area (Å²) in [6.45, 7) is 3.80. The van der Waals surface area contributed by atoms with Crippen molar-refractivity contribution in [2.24, 2.45) is 0 Å². The van der Waals surface area contributed by atoms with Gasteiger partial charge in [-0.2, -0.15) is 4.72 Å². The van der Waals surface area contributed by atoms with Gasteiger partial charge >= 0.3 is 5.97 Å². The minimum atomic E-state index is -4.36. The quantitative estimate of drug-likeness (QED) is 0.263. The van der Waals surface area contributed by atoms with Gasteiger partial charge in [-0.15, -0.1) is 5.92 Å². The van der Waals surface area contributed by atoms with Gasteiger partial charge in [-0.1, -0.05) is 36.3 Å². The van der Waals surface area contributed by atoms with E-state index in [2.05, 4.69) is 21.5 Å². The summed E-state index contributed by atoms with van der Waals surface area (Å²) in [4.78, 5) is 15.1. The SMILES string of the molecule is CC#CCOc1ccc(S(=O)(=O)NC(C(=O)OCC)C2(S(=O)(=O)CCO)CCN(Cc3ccccc3)CC2)cc1. The summed E-state index contributed by atoms with van der Waals surface area (Å²) in [5.74, 6) is 4.24. The smallest absolute Gasteiger partial charge is 0.325 e. The molecule has 0 radical (unpaired) electrons. The fourth-order valence-corrected chi connectivity index (χ4v) is 8.06. The zero-order valence-electron chi connectivity index (χ0n) is 22.7. The number of ether oxygens (including phenoxy) is 2. The number of rotatable bonds is 13. The molecule has 1 saturated heterocycles. The van der Waals surface area contributed by atoms with Gasteiger partial charge in [0.2, 0.25) is 10.0 Å². The van der Waals surface area contributed by atoms with Crippen molar-refractivity contribution in [3.8, 4) is 17.6 Å². The van der Waals surface area contributed by atoms with E-state index in [0.29, 0.717) is 25.4 Å². The Bertz CT molecular complexity index is 1390. The Morgan fingerprint density at radius 3 is 2.30 bits per heavy atom. The van der Waals surface area contributed by atoms with Gasteiger partial charge in [0.05, 0.1) is 23.9 Å². The zero-order chi connectivity index (χ0) is 29.2. The molecule has 0 aliphatic carbocycles. The first-order chi connectivity index (χ1) is 19.1. The van der Waals surface area contributed by atoms with Crippen LogP contribution >= 0.6 is 0 Å². The first-order valence-corrected chi connectivity index (χ1v) is 16.1. The monoisotopic (exact) mass is 592 g/mol. The Kier molecular flexibility index (Phi) is 11.1. The Balaban J connectivity index is 1.94. The third-order valence-corrected chi connectivity index (χ3v) is 10.9. The molecule has 1 atom stereocenters. The van der Waals surface area contributed by atoms with E-state index in [-0.39, 0.29) is 31.0 Å². The van der Waals surface area contributed by atoms with Crippen molar-refractivity contribution in [1.82, 2.24) is 9.62 Å². The third-order valence-electron chi connectivity index (χ3n) is 6.87. The zero-order valence-corrected chi connectivity index (χ0v) is 24.3. The topological polar surface area (TPSA) is 139 Å². The summed E-state index contributed by atoms with van der Waals surface area (Å²) in [5, 5.41) is 9.57. The van der Waals surface area contributed by atoms with Gasteiger partial charge in [-0.05, 0) is 56.5 Å². The molecule has 0 spiro atoms. The number of benzene rings is 2. The van der Waals surface area contributed by atoms with Crippen LogP contribution in [0.25, 0.3) is 0 Å². The van der Waals surface area contributed by atoms with Gasteiger partial charge in [0.1, 0.15) is 23.1 Å². The predicted octanol–water partition coefficient (Wildman–Crippen LogP) is 1.74. The van der Waals surface area contributed by atoms with Crippen LogP contribution in [0, 0.1) is 11.8 Å². The van der Waals surface area contributed by atoms with E-state index >= 15 is 0 Å². The summed E-state index contributed by atoms with van der Waals surface area (Å²) >= 11 is 0. The third kappa shape index (κ3) is 7.62. The van der Waals surface area contributed by atoms with Crippen molar-refractivity contribution < 1.29 is 36.2 Å². The number of carbonyl (C=O) groups excluding carboxylic acids is 1. The number of nitrogens with one attached hydrogen (secondary N) is 1. The summed E-state index contributed by atoms with van der Waals surface area (Å²) in [6.07, 6.45) is -0.0567. The van der Waals surface area contributed by atoms with Crippen LogP contribution in [0.1, 0.15) is 32.3 Å². The van der Waals surface area contributed by atoms with Crippen LogP contribution in [-0.2, 0) is 35.9 Å². The van der Waals surface area contributed by atoms with Crippen LogP contribution < -0.4 is 9.46 Å². The molecule has 12 heteroatoms. The van der Waals surface area contributed by atoms with Crippen LogP contribution in [0.4, 0.5) is 0 Å². The number of sulfone groups is 1. The molecule has 40 heavy (non-hydrogen) atoms. The van der Waals surface area contributed by atoms with Crippen molar-refractivity contribution in [1.29, 1.82) is 0 Å². The predicted molar refractivity (Wildman–Crippen MR) is 151 cm³/mol. The van der Waals surface area contributed by atoms with Crippen molar-refractivity contribution >= 4 is 25.8 Å². The minimum Gasteiger partial charge on any atom is -0.481 e. The van der Waals surface area contributed by atoms with Crippen LogP contribution in [0.2, 0.25) is 0 Å². The Hall–Kier alpha value is -2.95. The molecule has 218 valence electrons. The number of nitrogens with zero attached hydrogens (tertiary/aromatic N) is 1. The lowest BCUT2D eigenvalue weighted by Crippen LogP contribution is -2.65. The molecule has 0 saturated carbocycles. The van der Waals surface area contributed by atoms with Crippen LogP contribution in [0.15, 0.2) is 59.5 Å². The largest absolute Gasteiger partial charge is 0.481 e. The van der Waals surface area contributed by atoms with Crippen LogP contribution in [-0.4, -0.2) is 82.3 Å². The molecule has 10 nitrogen and oxygen atoms in total. The standard InChI is InChI=1S/C28H36N2O8S2/c1-3-5-20-38-24-11-13-25(14-12-24)40(35,36)29-26(27(32)37-4-2)28(39(33,34)21-19-31)15-17-30(18-16-28)22-23-9-7-6-8-10-23/h6-14,26,29,31H,4,15-22H2,1-2H3. The van der Waals surface area contributed by atoms with Crippen molar-refractivity contribution in [3.05, 3.63) is 60.2 Å². The molecule has 1 fully saturated rings. The second-order valence-electron chi connectivity index (χ2n) is 9.36. The lowest BCUT2D eigenvalue weighted by molar-refractivity contribution is -0.146. The Morgan fingerprint density at radius 1 is 1.07 bits per heavy atom. The molecule has 1 aliphatic heterocycles. The van der Waals surface area contributed by atoms with E-state index in [1.165, 1.54) is 24.3 Å². The summed E-state index contributed by atoms with van der Waals surface area (Å²) in [5.41, 5.74) is 1.05. The van der Waals surface area contributed by atoms with E-state index in [1.807, 2.05) is 30.3 Å². The van der Waals surface area contributed by atoms with Gasteiger partial charge in [0, 0.05) is 19.6 Å². The minimum absolute atomic E-state index is 0.0284. The molecule has 0 amide bonds. The fourth-order valence-electron chi connectivity index (χ4n) is 4.76. The number of carbonyl (C=O) groups is 1. The molecule has 1 aliphatic rings. The van der Waals surface area contributed by atoms with Crippen LogP contribution in [0.3, 0.4) is 0 Å². The number of aliphatic hydroxyl groups excluding tert-OH is 1. The number of sulfonamides is 1. The Morgan fingerprint density at radius 2 is 1.73 bits per heavy atom. The molecule has 1 unspecified atom stereocenters. The second-order valence-corrected chi connectivity index (χ2v) is 13.5. The molecule has 2 aromatic rings. The first kappa shape index (κ1) is 31.6. The molecule has 2 aromatic carbocycles. The number of hydrogen-bond acceptors (Lipinski definition) is 9. The lowest BCUT2D eigenvalue weighted by atomic mass is 9.88.